The minimum absolute atomic E-state index is 0.0185. The molecule has 0 aliphatic heterocycles. The molecule has 0 spiro atoms. The van der Waals surface area contributed by atoms with Crippen molar-refractivity contribution < 1.29 is 22.7 Å². The van der Waals surface area contributed by atoms with Gasteiger partial charge in [0.05, 0.1) is 17.1 Å². The van der Waals surface area contributed by atoms with Crippen molar-refractivity contribution in [2.75, 3.05) is 13.2 Å². The zero-order valence-electron chi connectivity index (χ0n) is 16.7. The van der Waals surface area contributed by atoms with Gasteiger partial charge in [-0.2, -0.15) is 13.2 Å². The Morgan fingerprint density at radius 3 is 2.22 bits per heavy atom. The van der Waals surface area contributed by atoms with Gasteiger partial charge in [0.2, 0.25) is 0 Å². The van der Waals surface area contributed by atoms with E-state index >= 15 is 0 Å². The maximum atomic E-state index is 12.7. The largest absolute Gasteiger partial charge is 0.449 e. The number of fused-ring (bicyclic) bond motifs is 3. The number of ether oxygens (including phenoxy) is 1. The number of rotatable bonds is 3. The number of carbonyl (C=O) groups is 1. The van der Waals surface area contributed by atoms with Crippen LogP contribution in [-0.4, -0.2) is 19.2 Å². The summed E-state index contributed by atoms with van der Waals surface area (Å²) in [5.41, 5.74) is 3.90. The summed E-state index contributed by atoms with van der Waals surface area (Å²) in [5.74, 6) is 5.30. The van der Waals surface area contributed by atoms with E-state index in [9.17, 15) is 18.0 Å². The lowest BCUT2D eigenvalue weighted by Crippen LogP contribution is -2.26. The van der Waals surface area contributed by atoms with E-state index in [-0.39, 0.29) is 19.1 Å². The van der Waals surface area contributed by atoms with Gasteiger partial charge in [-0.1, -0.05) is 72.0 Å². The Hall–Kier alpha value is -3.43. The maximum absolute atomic E-state index is 12.7. The summed E-state index contributed by atoms with van der Waals surface area (Å²) in [5, 5.41) is 2.10. The van der Waals surface area contributed by atoms with E-state index < -0.39 is 22.9 Å². The van der Waals surface area contributed by atoms with E-state index in [1.54, 1.807) is 0 Å². The second-order valence-corrected chi connectivity index (χ2v) is 7.58. The van der Waals surface area contributed by atoms with Crippen molar-refractivity contribution in [1.29, 1.82) is 0 Å². The number of amides is 1. The highest BCUT2D eigenvalue weighted by atomic mass is 35.5. The molecule has 0 radical (unpaired) electrons. The molecule has 0 unspecified atom stereocenters. The Labute approximate surface area is 188 Å². The molecular formula is C25H17ClF3NO2. The maximum Gasteiger partial charge on any atom is 0.417 e. The van der Waals surface area contributed by atoms with Crippen LogP contribution < -0.4 is 5.32 Å². The van der Waals surface area contributed by atoms with Crippen LogP contribution in [0.5, 0.6) is 0 Å². The zero-order valence-corrected chi connectivity index (χ0v) is 17.4. The summed E-state index contributed by atoms with van der Waals surface area (Å²) in [7, 11) is 0. The molecule has 0 aromatic heterocycles. The second-order valence-electron chi connectivity index (χ2n) is 7.17. The van der Waals surface area contributed by atoms with E-state index in [0.717, 1.165) is 34.4 Å². The molecule has 0 saturated heterocycles. The molecule has 32 heavy (non-hydrogen) atoms. The third kappa shape index (κ3) is 4.58. The molecule has 0 saturated carbocycles. The highest BCUT2D eigenvalue weighted by Gasteiger charge is 2.33. The van der Waals surface area contributed by atoms with Gasteiger partial charge in [0.1, 0.15) is 6.61 Å². The van der Waals surface area contributed by atoms with Crippen molar-refractivity contribution in [3.63, 3.8) is 0 Å². The number of alkyl halides is 3. The molecule has 7 heteroatoms. The van der Waals surface area contributed by atoms with Crippen LogP contribution in [0.4, 0.5) is 18.0 Å². The van der Waals surface area contributed by atoms with Gasteiger partial charge in [-0.3, -0.25) is 0 Å². The molecule has 3 aromatic rings. The molecule has 1 N–H and O–H groups in total. The first-order valence-corrected chi connectivity index (χ1v) is 10.2. The first kappa shape index (κ1) is 21.8. The van der Waals surface area contributed by atoms with Crippen LogP contribution in [0.1, 0.15) is 28.2 Å². The van der Waals surface area contributed by atoms with E-state index in [4.69, 9.17) is 16.3 Å². The highest BCUT2D eigenvalue weighted by Crippen LogP contribution is 2.44. The van der Waals surface area contributed by atoms with E-state index in [1.807, 2.05) is 36.4 Å². The molecule has 1 amide bonds. The predicted octanol–water partition coefficient (Wildman–Crippen LogP) is 6.25. The molecule has 0 atom stereocenters. The number of alkyl carbamates (subject to hydrolysis) is 1. The van der Waals surface area contributed by atoms with Crippen molar-refractivity contribution in [1.82, 2.24) is 5.32 Å². The Morgan fingerprint density at radius 2 is 1.62 bits per heavy atom. The van der Waals surface area contributed by atoms with Crippen LogP contribution in [0.3, 0.4) is 0 Å². The third-order valence-corrected chi connectivity index (χ3v) is 5.48. The predicted molar refractivity (Wildman–Crippen MR) is 116 cm³/mol. The number of nitrogens with one attached hydrogen (secondary N) is 1. The van der Waals surface area contributed by atoms with Gasteiger partial charge in [-0.15, -0.1) is 0 Å². The smallest absolute Gasteiger partial charge is 0.417 e. The number of hydrogen-bond donors (Lipinski definition) is 1. The van der Waals surface area contributed by atoms with Crippen molar-refractivity contribution >= 4 is 17.7 Å². The average molecular weight is 456 g/mol. The lowest BCUT2D eigenvalue weighted by atomic mass is 9.98. The quantitative estimate of drug-likeness (QED) is 0.474. The van der Waals surface area contributed by atoms with Crippen LogP contribution in [0.2, 0.25) is 5.02 Å². The van der Waals surface area contributed by atoms with Gasteiger partial charge in [-0.05, 0) is 40.5 Å². The molecule has 162 valence electrons. The lowest BCUT2D eigenvalue weighted by Gasteiger charge is -2.14. The molecule has 3 aromatic carbocycles. The number of hydrogen-bond acceptors (Lipinski definition) is 2. The van der Waals surface area contributed by atoms with E-state index in [2.05, 4.69) is 29.3 Å². The summed E-state index contributed by atoms with van der Waals surface area (Å²) in [6.45, 7) is 0.164. The number of halogens is 4. The van der Waals surface area contributed by atoms with Crippen molar-refractivity contribution in [3.05, 3.63) is 94.0 Å². The monoisotopic (exact) mass is 455 g/mol. The molecule has 0 bridgehead atoms. The van der Waals surface area contributed by atoms with Gasteiger partial charge in [0.25, 0.3) is 0 Å². The van der Waals surface area contributed by atoms with Gasteiger partial charge >= 0.3 is 12.3 Å². The van der Waals surface area contributed by atoms with Crippen LogP contribution in [0.25, 0.3) is 11.1 Å². The Kier molecular flexibility index (Phi) is 6.11. The first-order valence-electron chi connectivity index (χ1n) is 9.79. The summed E-state index contributed by atoms with van der Waals surface area (Å²) < 4.78 is 43.6. The summed E-state index contributed by atoms with van der Waals surface area (Å²) in [6, 6.07) is 19.3. The summed E-state index contributed by atoms with van der Waals surface area (Å²) in [4.78, 5) is 12.1. The summed E-state index contributed by atoms with van der Waals surface area (Å²) >= 11 is 5.68. The van der Waals surface area contributed by atoms with Crippen molar-refractivity contribution in [2.45, 2.75) is 12.1 Å². The SMILES string of the molecule is O=C(NCC#Cc1ccc(C(F)(F)F)c(Cl)c1)OCC1c2ccccc2-c2ccccc21. The van der Waals surface area contributed by atoms with Crippen LogP contribution in [0.15, 0.2) is 66.7 Å². The van der Waals surface area contributed by atoms with Gasteiger partial charge in [-0.25, -0.2) is 4.79 Å². The van der Waals surface area contributed by atoms with Crippen molar-refractivity contribution in [2.24, 2.45) is 0 Å². The summed E-state index contributed by atoms with van der Waals surface area (Å²) in [6.07, 6.45) is -5.14. The van der Waals surface area contributed by atoms with Crippen LogP contribution in [0, 0.1) is 11.8 Å². The molecule has 0 fully saturated rings. The Balaban J connectivity index is 1.33. The number of carbonyl (C=O) groups excluding carboxylic acids is 1. The fourth-order valence-electron chi connectivity index (χ4n) is 3.73. The van der Waals surface area contributed by atoms with Gasteiger partial charge in [0, 0.05) is 11.5 Å². The standard InChI is InChI=1S/C25H17ClF3NO2/c26-23-14-16(11-12-22(23)25(27,28)29)6-5-13-30-24(31)32-15-21-19-9-3-1-7-17(19)18-8-2-4-10-20(18)21/h1-4,7-12,14,21H,13,15H2,(H,30,31). The number of benzene rings is 3. The van der Waals surface area contributed by atoms with Crippen LogP contribution >= 0.6 is 11.6 Å². The Bertz CT molecular complexity index is 1180. The lowest BCUT2D eigenvalue weighted by molar-refractivity contribution is -0.137. The van der Waals surface area contributed by atoms with Gasteiger partial charge in [0.15, 0.2) is 0 Å². The first-order chi connectivity index (χ1) is 15.3. The highest BCUT2D eigenvalue weighted by molar-refractivity contribution is 6.31. The van der Waals surface area contributed by atoms with E-state index in [0.29, 0.717) is 5.56 Å². The molecule has 3 nitrogen and oxygen atoms in total. The topological polar surface area (TPSA) is 38.3 Å². The van der Waals surface area contributed by atoms with Crippen molar-refractivity contribution in [3.8, 4) is 23.0 Å². The van der Waals surface area contributed by atoms with Gasteiger partial charge < -0.3 is 10.1 Å². The molecular weight excluding hydrogens is 439 g/mol. The average Bonchev–Trinajstić information content (AvgIpc) is 3.08. The van der Waals surface area contributed by atoms with Crippen LogP contribution in [-0.2, 0) is 10.9 Å². The zero-order chi connectivity index (χ0) is 22.7. The molecule has 4 rings (SSSR count). The normalized spacial score (nSPS) is 12.4. The minimum Gasteiger partial charge on any atom is -0.449 e. The van der Waals surface area contributed by atoms with E-state index in [1.165, 1.54) is 6.07 Å². The second kappa shape index (κ2) is 8.97. The fourth-order valence-corrected chi connectivity index (χ4v) is 4.02. The minimum atomic E-state index is -4.52. The fraction of sp³-hybridized carbons (Fsp3) is 0.160. The Morgan fingerprint density at radius 1 is 1.00 bits per heavy atom. The third-order valence-electron chi connectivity index (χ3n) is 5.17. The molecule has 0 heterocycles. The molecule has 1 aliphatic carbocycles. The molecule has 1 aliphatic rings.